The van der Waals surface area contributed by atoms with E-state index >= 15 is 0 Å². The molecule has 2 saturated carbocycles. The number of carbonyl (C=O) groups is 2. The van der Waals surface area contributed by atoms with Crippen molar-refractivity contribution in [3.63, 3.8) is 0 Å². The summed E-state index contributed by atoms with van der Waals surface area (Å²) in [6.45, 7) is 0. The average molecular weight is 242 g/mol. The number of hydrogen-bond acceptors (Lipinski definition) is 3. The Morgan fingerprint density at radius 1 is 1.17 bits per heavy atom. The quantitative estimate of drug-likeness (QED) is 0.753. The Balaban J connectivity index is 2.00. The molecule has 4 rings (SSSR count). The number of carbonyl (C=O) groups excluding carboxylic acids is 2. The first kappa shape index (κ1) is 10.4. The lowest BCUT2D eigenvalue weighted by molar-refractivity contribution is -0.152. The summed E-state index contributed by atoms with van der Waals surface area (Å²) in [7, 11) is 0. The second-order valence-electron chi connectivity index (χ2n) is 5.79. The normalized spacial score (nSPS) is 40.8. The van der Waals surface area contributed by atoms with Gasteiger partial charge >= 0.3 is 0 Å². The van der Waals surface area contributed by atoms with Crippen LogP contribution in [0, 0.1) is 17.8 Å². The third-order valence-electron chi connectivity index (χ3n) is 5.03. The standard InChI is InChI=1S/C15H14O3/c16-13-10-3-1-2-4-11(10)15(18)12(13)8-5-6-9(7-8)14(15)17/h1-4,8-9,12,18H,5-7H2/t8-,9-,12+,15+/m1/s1. The molecule has 0 radical (unpaired) electrons. The van der Waals surface area contributed by atoms with E-state index in [1.54, 1.807) is 24.3 Å². The third kappa shape index (κ3) is 0.962. The SMILES string of the molecule is O=C1c2ccccc2[C@@]2(O)C(=O)[C@@H]3CC[C@H](C3)[C@@H]12. The van der Waals surface area contributed by atoms with Gasteiger partial charge in [0.25, 0.3) is 0 Å². The van der Waals surface area contributed by atoms with Crippen LogP contribution in [-0.2, 0) is 10.4 Å². The Morgan fingerprint density at radius 3 is 2.78 bits per heavy atom. The number of Topliss-reactive ketones (excluding diaryl/α,β-unsaturated/α-hetero) is 2. The molecule has 3 aliphatic carbocycles. The number of hydrogen-bond donors (Lipinski definition) is 1. The Hall–Kier alpha value is -1.48. The van der Waals surface area contributed by atoms with Crippen molar-refractivity contribution in [2.45, 2.75) is 24.9 Å². The van der Waals surface area contributed by atoms with Crippen molar-refractivity contribution in [1.82, 2.24) is 0 Å². The zero-order valence-corrected chi connectivity index (χ0v) is 9.93. The summed E-state index contributed by atoms with van der Waals surface area (Å²) in [5.41, 5.74) is -0.440. The largest absolute Gasteiger partial charge is 0.376 e. The first-order valence-electron chi connectivity index (χ1n) is 6.54. The molecular formula is C15H14O3. The second-order valence-corrected chi connectivity index (χ2v) is 5.79. The van der Waals surface area contributed by atoms with Gasteiger partial charge in [0.15, 0.2) is 17.2 Å². The van der Waals surface area contributed by atoms with E-state index < -0.39 is 11.5 Å². The molecule has 2 fully saturated rings. The van der Waals surface area contributed by atoms with E-state index in [1.165, 1.54) is 0 Å². The van der Waals surface area contributed by atoms with Crippen molar-refractivity contribution in [2.75, 3.05) is 0 Å². The summed E-state index contributed by atoms with van der Waals surface area (Å²) < 4.78 is 0. The highest BCUT2D eigenvalue weighted by Gasteiger charge is 2.64. The number of ketones is 2. The highest BCUT2D eigenvalue weighted by atomic mass is 16.3. The predicted molar refractivity (Wildman–Crippen MR) is 64.0 cm³/mol. The zero-order valence-electron chi connectivity index (χ0n) is 9.93. The van der Waals surface area contributed by atoms with Gasteiger partial charge in [-0.2, -0.15) is 0 Å². The third-order valence-corrected chi connectivity index (χ3v) is 5.03. The maximum absolute atomic E-state index is 12.5. The van der Waals surface area contributed by atoms with Crippen LogP contribution in [0.25, 0.3) is 0 Å². The van der Waals surface area contributed by atoms with Gasteiger partial charge in [-0.05, 0) is 25.2 Å². The molecule has 0 heterocycles. The molecule has 2 bridgehead atoms. The fraction of sp³-hybridized carbons (Fsp3) is 0.467. The zero-order chi connectivity index (χ0) is 12.5. The molecule has 4 atom stereocenters. The van der Waals surface area contributed by atoms with Crippen LogP contribution in [0.2, 0.25) is 0 Å². The summed E-state index contributed by atoms with van der Waals surface area (Å²) in [6, 6.07) is 7.04. The Kier molecular flexibility index (Phi) is 1.80. The van der Waals surface area contributed by atoms with Crippen LogP contribution in [0.15, 0.2) is 24.3 Å². The van der Waals surface area contributed by atoms with E-state index in [9.17, 15) is 14.7 Å². The van der Waals surface area contributed by atoms with Crippen molar-refractivity contribution in [2.24, 2.45) is 17.8 Å². The Morgan fingerprint density at radius 2 is 1.94 bits per heavy atom. The molecule has 18 heavy (non-hydrogen) atoms. The molecule has 1 aromatic rings. The molecule has 0 aliphatic heterocycles. The predicted octanol–water partition coefficient (Wildman–Crippen LogP) is 1.69. The summed E-state index contributed by atoms with van der Waals surface area (Å²) in [4.78, 5) is 24.9. The lowest BCUT2D eigenvalue weighted by Gasteiger charge is -2.37. The lowest BCUT2D eigenvalue weighted by Crippen LogP contribution is -2.49. The van der Waals surface area contributed by atoms with E-state index in [0.717, 1.165) is 19.3 Å². The van der Waals surface area contributed by atoms with Crippen molar-refractivity contribution in [3.05, 3.63) is 35.4 Å². The number of fused-ring (bicyclic) bond motifs is 6. The van der Waals surface area contributed by atoms with Crippen LogP contribution in [0.1, 0.15) is 35.2 Å². The molecule has 1 N–H and O–H groups in total. The molecule has 3 aliphatic rings. The number of aliphatic hydroxyl groups is 1. The van der Waals surface area contributed by atoms with Crippen molar-refractivity contribution in [1.29, 1.82) is 0 Å². The summed E-state index contributed by atoms with van der Waals surface area (Å²) in [5.74, 6) is -0.555. The minimum atomic E-state index is -1.53. The van der Waals surface area contributed by atoms with Gasteiger partial charge in [0.2, 0.25) is 0 Å². The Labute approximate surface area is 105 Å². The minimum absolute atomic E-state index is 0.0354. The van der Waals surface area contributed by atoms with Crippen molar-refractivity contribution >= 4 is 11.6 Å². The van der Waals surface area contributed by atoms with Gasteiger partial charge in [-0.1, -0.05) is 24.3 Å². The van der Waals surface area contributed by atoms with Gasteiger partial charge in [0.1, 0.15) is 0 Å². The van der Waals surface area contributed by atoms with Crippen molar-refractivity contribution in [3.8, 4) is 0 Å². The van der Waals surface area contributed by atoms with E-state index in [-0.39, 0.29) is 23.4 Å². The van der Waals surface area contributed by atoms with E-state index in [4.69, 9.17) is 0 Å². The highest BCUT2D eigenvalue weighted by Crippen LogP contribution is 2.56. The smallest absolute Gasteiger partial charge is 0.172 e. The maximum atomic E-state index is 12.5. The summed E-state index contributed by atoms with van der Waals surface area (Å²) in [6.07, 6.45) is 2.51. The van der Waals surface area contributed by atoms with Gasteiger partial charge < -0.3 is 5.11 Å². The fourth-order valence-electron chi connectivity index (χ4n) is 4.26. The summed E-state index contributed by atoms with van der Waals surface area (Å²) in [5, 5.41) is 10.9. The van der Waals surface area contributed by atoms with Gasteiger partial charge in [0, 0.05) is 17.0 Å². The molecular weight excluding hydrogens is 228 g/mol. The fourth-order valence-corrected chi connectivity index (χ4v) is 4.26. The molecule has 0 spiro atoms. The van der Waals surface area contributed by atoms with E-state index in [2.05, 4.69) is 0 Å². The van der Waals surface area contributed by atoms with Crippen LogP contribution < -0.4 is 0 Å². The molecule has 0 amide bonds. The first-order valence-corrected chi connectivity index (χ1v) is 6.54. The van der Waals surface area contributed by atoms with Gasteiger partial charge in [-0.3, -0.25) is 9.59 Å². The van der Waals surface area contributed by atoms with Gasteiger partial charge in [0.05, 0.1) is 5.92 Å². The summed E-state index contributed by atoms with van der Waals surface area (Å²) >= 11 is 0. The van der Waals surface area contributed by atoms with Crippen LogP contribution in [0.3, 0.4) is 0 Å². The number of benzene rings is 1. The topological polar surface area (TPSA) is 54.4 Å². The molecule has 0 aromatic heterocycles. The van der Waals surface area contributed by atoms with E-state index in [1.807, 2.05) is 0 Å². The van der Waals surface area contributed by atoms with Crippen LogP contribution in [-0.4, -0.2) is 16.7 Å². The highest BCUT2D eigenvalue weighted by molar-refractivity contribution is 6.11. The number of rotatable bonds is 0. The maximum Gasteiger partial charge on any atom is 0.172 e. The molecule has 3 nitrogen and oxygen atoms in total. The second kappa shape index (κ2) is 3.09. The van der Waals surface area contributed by atoms with Gasteiger partial charge in [-0.25, -0.2) is 0 Å². The average Bonchev–Trinajstić information content (AvgIpc) is 2.90. The molecule has 0 saturated heterocycles. The monoisotopic (exact) mass is 242 g/mol. The molecule has 92 valence electrons. The van der Waals surface area contributed by atoms with Crippen LogP contribution >= 0.6 is 0 Å². The lowest BCUT2D eigenvalue weighted by atomic mass is 9.68. The minimum Gasteiger partial charge on any atom is -0.376 e. The van der Waals surface area contributed by atoms with Crippen LogP contribution in [0.5, 0.6) is 0 Å². The molecule has 3 heteroatoms. The van der Waals surface area contributed by atoms with Gasteiger partial charge in [-0.15, -0.1) is 0 Å². The van der Waals surface area contributed by atoms with E-state index in [0.29, 0.717) is 11.1 Å². The first-order chi connectivity index (χ1) is 8.64. The Bertz CT molecular complexity index is 577. The molecule has 1 aromatic carbocycles. The van der Waals surface area contributed by atoms with Crippen molar-refractivity contribution < 1.29 is 14.7 Å². The molecule has 0 unspecified atom stereocenters. The van der Waals surface area contributed by atoms with Crippen LogP contribution in [0.4, 0.5) is 0 Å².